The molecule has 1 unspecified atom stereocenters. The maximum atomic E-state index is 11.7. The number of hydrogen-bond donors (Lipinski definition) is 1. The standard InChI is InChI=1S/C12H19N5O2/c1-16(2)12(18)10-3-4-11(15-14-10)17-5-6-19-8-9(17)7-13/h3-4,9H,5-8,13H2,1-2H3. The summed E-state index contributed by atoms with van der Waals surface area (Å²) in [5, 5.41) is 8.10. The van der Waals surface area contributed by atoms with Crippen LogP contribution in [-0.2, 0) is 4.74 Å². The number of carbonyl (C=O) groups is 1. The van der Waals surface area contributed by atoms with Crippen molar-refractivity contribution in [3.63, 3.8) is 0 Å². The molecule has 1 saturated heterocycles. The highest BCUT2D eigenvalue weighted by molar-refractivity contribution is 5.91. The van der Waals surface area contributed by atoms with Crippen molar-refractivity contribution >= 4 is 11.7 Å². The molecule has 0 aliphatic carbocycles. The van der Waals surface area contributed by atoms with Gasteiger partial charge in [-0.05, 0) is 12.1 Å². The van der Waals surface area contributed by atoms with Crippen molar-refractivity contribution in [2.45, 2.75) is 6.04 Å². The molecule has 1 aliphatic rings. The molecule has 19 heavy (non-hydrogen) atoms. The predicted molar refractivity (Wildman–Crippen MR) is 71.1 cm³/mol. The number of morpholine rings is 1. The van der Waals surface area contributed by atoms with Gasteiger partial charge in [0.1, 0.15) is 0 Å². The molecule has 0 bridgehead atoms. The van der Waals surface area contributed by atoms with E-state index < -0.39 is 0 Å². The summed E-state index contributed by atoms with van der Waals surface area (Å²) in [5.41, 5.74) is 6.06. The molecule has 0 radical (unpaired) electrons. The van der Waals surface area contributed by atoms with Crippen LogP contribution in [0.3, 0.4) is 0 Å². The molecule has 1 fully saturated rings. The van der Waals surface area contributed by atoms with E-state index in [0.29, 0.717) is 25.5 Å². The van der Waals surface area contributed by atoms with Crippen LogP contribution < -0.4 is 10.6 Å². The van der Waals surface area contributed by atoms with Crippen LogP contribution in [0.25, 0.3) is 0 Å². The summed E-state index contributed by atoms with van der Waals surface area (Å²) in [7, 11) is 3.37. The second-order valence-corrected chi connectivity index (χ2v) is 4.63. The number of ether oxygens (including phenoxy) is 1. The van der Waals surface area contributed by atoms with Crippen LogP contribution in [0.1, 0.15) is 10.5 Å². The fraction of sp³-hybridized carbons (Fsp3) is 0.583. The first-order valence-corrected chi connectivity index (χ1v) is 6.23. The number of carbonyl (C=O) groups excluding carboxylic acids is 1. The maximum absolute atomic E-state index is 11.7. The molecule has 1 aliphatic heterocycles. The van der Waals surface area contributed by atoms with Crippen LogP contribution in [0.2, 0.25) is 0 Å². The monoisotopic (exact) mass is 265 g/mol. The maximum Gasteiger partial charge on any atom is 0.273 e. The van der Waals surface area contributed by atoms with E-state index in [9.17, 15) is 4.79 Å². The molecule has 1 aromatic rings. The van der Waals surface area contributed by atoms with Crippen molar-refractivity contribution in [2.75, 3.05) is 45.3 Å². The molecule has 7 nitrogen and oxygen atoms in total. The highest BCUT2D eigenvalue weighted by atomic mass is 16.5. The lowest BCUT2D eigenvalue weighted by Gasteiger charge is -2.35. The van der Waals surface area contributed by atoms with Gasteiger partial charge in [0.2, 0.25) is 0 Å². The lowest BCUT2D eigenvalue weighted by atomic mass is 10.2. The quantitative estimate of drug-likeness (QED) is 0.781. The van der Waals surface area contributed by atoms with E-state index in [1.165, 1.54) is 4.90 Å². The number of rotatable bonds is 3. The topological polar surface area (TPSA) is 84.6 Å². The van der Waals surface area contributed by atoms with Crippen molar-refractivity contribution in [3.8, 4) is 0 Å². The molecule has 104 valence electrons. The molecule has 0 spiro atoms. The van der Waals surface area contributed by atoms with Crippen LogP contribution in [0.4, 0.5) is 5.82 Å². The minimum atomic E-state index is -0.156. The van der Waals surface area contributed by atoms with Gasteiger partial charge in [0.05, 0.1) is 19.3 Å². The van der Waals surface area contributed by atoms with Gasteiger partial charge >= 0.3 is 0 Å². The molecule has 1 atom stereocenters. The van der Waals surface area contributed by atoms with Crippen molar-refractivity contribution in [2.24, 2.45) is 5.73 Å². The number of aromatic nitrogens is 2. The van der Waals surface area contributed by atoms with E-state index in [1.807, 2.05) is 0 Å². The smallest absolute Gasteiger partial charge is 0.273 e. The number of hydrogen-bond acceptors (Lipinski definition) is 6. The Morgan fingerprint density at radius 3 is 2.89 bits per heavy atom. The fourth-order valence-electron chi connectivity index (χ4n) is 1.97. The summed E-state index contributed by atoms with van der Waals surface area (Å²) in [6.07, 6.45) is 0. The van der Waals surface area contributed by atoms with Gasteiger partial charge in [0, 0.05) is 27.2 Å². The lowest BCUT2D eigenvalue weighted by Crippen LogP contribution is -2.50. The van der Waals surface area contributed by atoms with E-state index >= 15 is 0 Å². The molecular weight excluding hydrogens is 246 g/mol. The van der Waals surface area contributed by atoms with Gasteiger partial charge in [0.15, 0.2) is 11.5 Å². The second-order valence-electron chi connectivity index (χ2n) is 4.63. The van der Waals surface area contributed by atoms with Crippen LogP contribution >= 0.6 is 0 Å². The van der Waals surface area contributed by atoms with Crippen LogP contribution in [0, 0.1) is 0 Å². The zero-order valence-corrected chi connectivity index (χ0v) is 11.2. The Labute approximate surface area is 112 Å². The molecular formula is C12H19N5O2. The summed E-state index contributed by atoms with van der Waals surface area (Å²) >= 11 is 0. The second kappa shape index (κ2) is 5.94. The first kappa shape index (κ1) is 13.7. The van der Waals surface area contributed by atoms with E-state index in [1.54, 1.807) is 26.2 Å². The van der Waals surface area contributed by atoms with Gasteiger partial charge in [-0.25, -0.2) is 0 Å². The number of nitrogens with zero attached hydrogens (tertiary/aromatic N) is 4. The summed E-state index contributed by atoms with van der Waals surface area (Å²) in [6.45, 7) is 2.48. The molecule has 0 saturated carbocycles. The summed E-state index contributed by atoms with van der Waals surface area (Å²) in [5.74, 6) is 0.574. The summed E-state index contributed by atoms with van der Waals surface area (Å²) < 4.78 is 5.39. The molecule has 2 rings (SSSR count). The number of nitrogens with two attached hydrogens (primary N) is 1. The Bertz CT molecular complexity index is 434. The number of amides is 1. The van der Waals surface area contributed by atoms with Gasteiger partial charge in [0.25, 0.3) is 5.91 Å². The van der Waals surface area contributed by atoms with Crippen LogP contribution in [0.5, 0.6) is 0 Å². The van der Waals surface area contributed by atoms with Crippen molar-refractivity contribution in [1.82, 2.24) is 15.1 Å². The zero-order valence-electron chi connectivity index (χ0n) is 11.2. The molecule has 0 aromatic carbocycles. The van der Waals surface area contributed by atoms with E-state index in [0.717, 1.165) is 12.4 Å². The van der Waals surface area contributed by atoms with Crippen molar-refractivity contribution < 1.29 is 9.53 Å². The predicted octanol–water partition coefficient (Wildman–Crippen LogP) is -0.658. The zero-order chi connectivity index (χ0) is 13.8. The van der Waals surface area contributed by atoms with Crippen molar-refractivity contribution in [1.29, 1.82) is 0 Å². The van der Waals surface area contributed by atoms with Gasteiger partial charge in [-0.2, -0.15) is 0 Å². The van der Waals surface area contributed by atoms with Gasteiger partial charge in [-0.15, -0.1) is 10.2 Å². The summed E-state index contributed by atoms with van der Waals surface area (Å²) in [4.78, 5) is 15.3. The van der Waals surface area contributed by atoms with Crippen molar-refractivity contribution in [3.05, 3.63) is 17.8 Å². The average Bonchev–Trinajstić information content (AvgIpc) is 2.46. The Morgan fingerprint density at radius 2 is 2.32 bits per heavy atom. The third-order valence-electron chi connectivity index (χ3n) is 3.07. The van der Waals surface area contributed by atoms with Gasteiger partial charge < -0.3 is 20.3 Å². The Balaban J connectivity index is 2.15. The molecule has 2 heterocycles. The van der Waals surface area contributed by atoms with Gasteiger partial charge in [-0.1, -0.05) is 0 Å². The Morgan fingerprint density at radius 1 is 1.53 bits per heavy atom. The first-order valence-electron chi connectivity index (χ1n) is 6.23. The van der Waals surface area contributed by atoms with E-state index in [-0.39, 0.29) is 11.9 Å². The minimum absolute atomic E-state index is 0.110. The molecule has 1 aromatic heterocycles. The molecule has 1 amide bonds. The van der Waals surface area contributed by atoms with Crippen LogP contribution in [-0.4, -0.2) is 67.4 Å². The largest absolute Gasteiger partial charge is 0.377 e. The highest BCUT2D eigenvalue weighted by Gasteiger charge is 2.23. The van der Waals surface area contributed by atoms with E-state index in [4.69, 9.17) is 10.5 Å². The molecule has 2 N–H and O–H groups in total. The number of anilines is 1. The Kier molecular flexibility index (Phi) is 4.28. The first-order chi connectivity index (χ1) is 9.13. The SMILES string of the molecule is CN(C)C(=O)c1ccc(N2CCOCC2CN)nn1. The Hall–Kier alpha value is -1.73. The van der Waals surface area contributed by atoms with E-state index in [2.05, 4.69) is 15.1 Å². The molecule has 7 heteroatoms. The lowest BCUT2D eigenvalue weighted by molar-refractivity contribution is 0.0820. The van der Waals surface area contributed by atoms with Gasteiger partial charge in [-0.3, -0.25) is 4.79 Å². The fourth-order valence-corrected chi connectivity index (χ4v) is 1.97. The average molecular weight is 265 g/mol. The highest BCUT2D eigenvalue weighted by Crippen LogP contribution is 2.16. The normalized spacial score (nSPS) is 19.3. The summed E-state index contributed by atoms with van der Waals surface area (Å²) in [6, 6.07) is 3.60. The minimum Gasteiger partial charge on any atom is -0.377 e. The third kappa shape index (κ3) is 2.99. The van der Waals surface area contributed by atoms with Crippen LogP contribution in [0.15, 0.2) is 12.1 Å². The third-order valence-corrected chi connectivity index (χ3v) is 3.07.